The van der Waals surface area contributed by atoms with Gasteiger partial charge in [0.05, 0.1) is 0 Å². The Labute approximate surface area is 137 Å². The van der Waals surface area contributed by atoms with E-state index in [4.69, 9.17) is 4.74 Å². The van der Waals surface area contributed by atoms with E-state index in [1.54, 1.807) is 24.3 Å². The molecule has 1 fully saturated rings. The zero-order valence-electron chi connectivity index (χ0n) is 11.9. The Morgan fingerprint density at radius 1 is 1.09 bits per heavy atom. The Balaban J connectivity index is 0.00000192. The molecule has 23 heavy (non-hydrogen) atoms. The number of benzene rings is 2. The molecule has 1 heterocycles. The molecule has 0 aromatic heterocycles. The smallest absolute Gasteiger partial charge is 0.408 e. The van der Waals surface area contributed by atoms with Gasteiger partial charge in [0.15, 0.2) is 6.61 Å². The van der Waals surface area contributed by atoms with Gasteiger partial charge in [-0.3, -0.25) is 0 Å². The fraction of sp³-hybridized carbons (Fsp3) is 0.188. The lowest BCUT2D eigenvalue weighted by atomic mass is 10.00. The molecule has 0 radical (unpaired) electrons. The first kappa shape index (κ1) is 17.0. The Morgan fingerprint density at radius 2 is 1.78 bits per heavy atom. The number of alkyl carbamates (subject to hydrolysis) is 1. The van der Waals surface area contributed by atoms with Gasteiger partial charge >= 0.3 is 12.0 Å². The van der Waals surface area contributed by atoms with E-state index in [9.17, 15) is 13.6 Å². The molecule has 122 valence electrons. The summed E-state index contributed by atoms with van der Waals surface area (Å²) in [6, 6.07) is 13.8. The molecule has 3 rings (SSSR count). The van der Waals surface area contributed by atoms with Gasteiger partial charge in [-0.2, -0.15) is 0 Å². The number of para-hydroxylation sites is 1. The summed E-state index contributed by atoms with van der Waals surface area (Å²) in [5.41, 5.74) is 0.259. The van der Waals surface area contributed by atoms with Crippen LogP contribution in [-0.4, -0.2) is 18.6 Å². The van der Waals surface area contributed by atoms with Crippen molar-refractivity contribution in [2.45, 2.75) is 12.0 Å². The van der Waals surface area contributed by atoms with Crippen LogP contribution in [0.2, 0.25) is 0 Å². The zero-order chi connectivity index (χ0) is 15.6. The van der Waals surface area contributed by atoms with E-state index in [0.29, 0.717) is 11.5 Å². The van der Waals surface area contributed by atoms with Crippen molar-refractivity contribution in [3.05, 3.63) is 60.2 Å². The number of ether oxygens (including phenoxy) is 2. The molecule has 1 aliphatic heterocycles. The topological polar surface area (TPSA) is 47.6 Å². The fourth-order valence-electron chi connectivity index (χ4n) is 2.22. The lowest BCUT2D eigenvalue weighted by molar-refractivity contribution is -0.104. The Bertz CT molecular complexity index is 682. The summed E-state index contributed by atoms with van der Waals surface area (Å²) < 4.78 is 37.8. The van der Waals surface area contributed by atoms with Gasteiger partial charge in [-0.1, -0.05) is 30.3 Å². The first-order valence-corrected chi connectivity index (χ1v) is 6.68. The first-order valence-electron chi connectivity index (χ1n) is 6.68. The largest absolute Gasteiger partial charge is 0.457 e. The minimum atomic E-state index is -3.18. The maximum atomic E-state index is 13.9. The van der Waals surface area contributed by atoms with Gasteiger partial charge in [-0.05, 0) is 29.8 Å². The van der Waals surface area contributed by atoms with Gasteiger partial charge in [-0.15, -0.1) is 12.4 Å². The van der Waals surface area contributed by atoms with E-state index in [1.807, 2.05) is 18.2 Å². The van der Waals surface area contributed by atoms with Gasteiger partial charge in [0.2, 0.25) is 0 Å². The number of hydrogen-bond donors (Lipinski definition) is 1. The molecule has 7 heteroatoms. The second kappa shape index (κ2) is 6.83. The molecular formula is C16H14ClF2NO3. The van der Waals surface area contributed by atoms with Crippen LogP contribution in [0.25, 0.3) is 0 Å². The first-order chi connectivity index (χ1) is 10.5. The Morgan fingerprint density at radius 3 is 2.52 bits per heavy atom. The van der Waals surface area contributed by atoms with E-state index >= 15 is 0 Å². The maximum absolute atomic E-state index is 13.9. The van der Waals surface area contributed by atoms with E-state index < -0.39 is 24.7 Å². The summed E-state index contributed by atoms with van der Waals surface area (Å²) in [5.74, 6) is -2.16. The van der Waals surface area contributed by atoms with Gasteiger partial charge in [0.25, 0.3) is 0 Å². The Kier molecular flexibility index (Phi) is 5.05. The second-order valence-electron chi connectivity index (χ2n) is 4.90. The highest BCUT2D eigenvalue weighted by atomic mass is 35.5. The number of nitrogens with one attached hydrogen (secondary N) is 1. The molecule has 0 spiro atoms. The average Bonchev–Trinajstić information content (AvgIpc) is 2.51. The predicted octanol–water partition coefficient (Wildman–Crippen LogP) is 4.32. The quantitative estimate of drug-likeness (QED) is 0.904. The minimum absolute atomic E-state index is 0. The van der Waals surface area contributed by atoms with Crippen molar-refractivity contribution < 1.29 is 23.0 Å². The number of cyclic esters (lactones) is 1. The molecular weight excluding hydrogens is 328 g/mol. The number of alkyl halides is 2. The third-order valence-corrected chi connectivity index (χ3v) is 3.25. The highest BCUT2D eigenvalue weighted by Gasteiger charge is 2.46. The normalized spacial score (nSPS) is 19.0. The summed E-state index contributed by atoms with van der Waals surface area (Å²) in [4.78, 5) is 11.2. The summed E-state index contributed by atoms with van der Waals surface area (Å²) in [7, 11) is 0. The van der Waals surface area contributed by atoms with E-state index in [0.717, 1.165) is 0 Å². The van der Waals surface area contributed by atoms with Crippen LogP contribution >= 0.6 is 12.4 Å². The zero-order valence-corrected chi connectivity index (χ0v) is 12.7. The van der Waals surface area contributed by atoms with Crippen molar-refractivity contribution in [3.63, 3.8) is 0 Å². The molecule has 0 saturated carbocycles. The number of hydrogen-bond acceptors (Lipinski definition) is 3. The van der Waals surface area contributed by atoms with Crippen LogP contribution in [0.1, 0.15) is 11.6 Å². The monoisotopic (exact) mass is 341 g/mol. The molecule has 0 aliphatic carbocycles. The van der Waals surface area contributed by atoms with Crippen molar-refractivity contribution in [1.29, 1.82) is 0 Å². The lowest BCUT2D eigenvalue weighted by Crippen LogP contribution is -2.49. The van der Waals surface area contributed by atoms with Gasteiger partial charge in [0, 0.05) is 0 Å². The standard InChI is InChI=1S/C16H13F2NO3.ClH/c17-16(18)10-21-15(20)19-14(16)11-5-4-8-13(9-11)22-12-6-2-1-3-7-12;/h1-9,14H,10H2,(H,19,20);1H/t14-;/m0./s1. The van der Waals surface area contributed by atoms with E-state index in [1.165, 1.54) is 12.1 Å². The molecule has 1 aliphatic rings. The van der Waals surface area contributed by atoms with Crippen molar-refractivity contribution >= 4 is 18.5 Å². The van der Waals surface area contributed by atoms with Crippen molar-refractivity contribution in [2.24, 2.45) is 0 Å². The van der Waals surface area contributed by atoms with Crippen molar-refractivity contribution in [1.82, 2.24) is 5.32 Å². The summed E-state index contributed by atoms with van der Waals surface area (Å²) in [5, 5.41) is 2.15. The molecule has 4 nitrogen and oxygen atoms in total. The van der Waals surface area contributed by atoms with Crippen molar-refractivity contribution in [2.75, 3.05) is 6.61 Å². The SMILES string of the molecule is Cl.O=C1N[C@@H](c2cccc(Oc3ccccc3)c2)C(F)(F)CO1. The maximum Gasteiger partial charge on any atom is 0.408 e. The van der Waals surface area contributed by atoms with Crippen molar-refractivity contribution in [3.8, 4) is 11.5 Å². The van der Waals surface area contributed by atoms with Gasteiger partial charge < -0.3 is 14.8 Å². The van der Waals surface area contributed by atoms with Crippen LogP contribution in [0.3, 0.4) is 0 Å². The second-order valence-corrected chi connectivity index (χ2v) is 4.90. The van der Waals surface area contributed by atoms with E-state index in [-0.39, 0.29) is 18.0 Å². The number of amides is 1. The van der Waals surface area contributed by atoms with Gasteiger partial charge in [0.1, 0.15) is 17.5 Å². The third-order valence-electron chi connectivity index (χ3n) is 3.25. The predicted molar refractivity (Wildman–Crippen MR) is 82.4 cm³/mol. The number of carbonyl (C=O) groups excluding carboxylic acids is 1. The summed E-state index contributed by atoms with van der Waals surface area (Å²) in [6.45, 7) is -0.937. The molecule has 2 aromatic rings. The molecule has 1 amide bonds. The number of rotatable bonds is 3. The van der Waals surface area contributed by atoms with Gasteiger partial charge in [-0.25, -0.2) is 13.6 Å². The molecule has 2 aromatic carbocycles. The average molecular weight is 342 g/mol. The molecule has 1 saturated heterocycles. The highest BCUT2D eigenvalue weighted by Crippen LogP contribution is 2.36. The van der Waals surface area contributed by atoms with Crippen LogP contribution in [0.4, 0.5) is 13.6 Å². The molecule has 1 N–H and O–H groups in total. The minimum Gasteiger partial charge on any atom is -0.457 e. The van der Waals surface area contributed by atoms with Crippen LogP contribution in [0.5, 0.6) is 11.5 Å². The highest BCUT2D eigenvalue weighted by molar-refractivity contribution is 5.85. The lowest BCUT2D eigenvalue weighted by Gasteiger charge is -2.31. The van der Waals surface area contributed by atoms with Crippen LogP contribution in [0.15, 0.2) is 54.6 Å². The number of halogens is 3. The fourth-order valence-corrected chi connectivity index (χ4v) is 2.22. The molecule has 1 atom stereocenters. The van der Waals surface area contributed by atoms with Crippen LogP contribution in [0, 0.1) is 0 Å². The third kappa shape index (κ3) is 3.90. The van der Waals surface area contributed by atoms with E-state index in [2.05, 4.69) is 10.1 Å². The summed E-state index contributed by atoms with van der Waals surface area (Å²) in [6.07, 6.45) is -0.856. The van der Waals surface area contributed by atoms with Crippen LogP contribution < -0.4 is 10.1 Å². The summed E-state index contributed by atoms with van der Waals surface area (Å²) >= 11 is 0. The molecule has 0 bridgehead atoms. The number of carbonyl (C=O) groups is 1. The van der Waals surface area contributed by atoms with Crippen LogP contribution in [-0.2, 0) is 4.74 Å². The Hall–Kier alpha value is -2.34. The molecule has 0 unspecified atom stereocenters.